The van der Waals surface area contributed by atoms with Crippen LogP contribution in [0.1, 0.15) is 16.1 Å². The van der Waals surface area contributed by atoms with Crippen LogP contribution in [0.5, 0.6) is 0 Å². The minimum atomic E-state index is -0.490. The highest BCUT2D eigenvalue weighted by molar-refractivity contribution is 9.10. The van der Waals surface area contributed by atoms with Crippen molar-refractivity contribution in [3.05, 3.63) is 63.9 Å². The third-order valence-electron chi connectivity index (χ3n) is 2.36. The fraction of sp³-hybridized carbons (Fsp3) is 0.0769. The molecule has 0 saturated heterocycles. The first kappa shape index (κ1) is 12.8. The van der Waals surface area contributed by atoms with Crippen LogP contribution in [0.25, 0.3) is 0 Å². The Hall–Kier alpha value is -1.62. The molecule has 0 aliphatic carbocycles. The highest BCUT2D eigenvalue weighted by Gasteiger charge is 2.10. The maximum absolute atomic E-state index is 13.0. The van der Waals surface area contributed by atoms with Gasteiger partial charge in [-0.3, -0.25) is 9.78 Å². The van der Waals surface area contributed by atoms with Crippen LogP contribution in [0.4, 0.5) is 8.78 Å². The predicted molar refractivity (Wildman–Crippen MR) is 66.3 cm³/mol. The Kier molecular flexibility index (Phi) is 3.81. The monoisotopic (exact) mass is 311 g/mol. The smallest absolute Gasteiger partial charge is 0.185 e. The zero-order valence-electron chi connectivity index (χ0n) is 9.16. The molecule has 1 aromatic heterocycles. The largest absolute Gasteiger partial charge is 0.292 e. The van der Waals surface area contributed by atoms with E-state index < -0.39 is 5.82 Å². The van der Waals surface area contributed by atoms with Crippen LogP contribution >= 0.6 is 15.9 Å². The molecular weight excluding hydrogens is 304 g/mol. The summed E-state index contributed by atoms with van der Waals surface area (Å²) < 4.78 is 26.0. The molecule has 0 radical (unpaired) electrons. The lowest BCUT2D eigenvalue weighted by molar-refractivity contribution is 0.0988. The number of aromatic nitrogens is 1. The summed E-state index contributed by atoms with van der Waals surface area (Å²) >= 11 is 3.05. The van der Waals surface area contributed by atoms with Crippen LogP contribution in [0, 0.1) is 11.6 Å². The molecule has 0 saturated carbocycles. The van der Waals surface area contributed by atoms with E-state index in [0.717, 1.165) is 6.20 Å². The Morgan fingerprint density at radius 2 is 2.00 bits per heavy atom. The second-order valence-electron chi connectivity index (χ2n) is 3.71. The topological polar surface area (TPSA) is 30.0 Å². The van der Waals surface area contributed by atoms with Gasteiger partial charge >= 0.3 is 0 Å². The first-order valence-corrected chi connectivity index (χ1v) is 5.94. The minimum Gasteiger partial charge on any atom is -0.292 e. The highest BCUT2D eigenvalue weighted by Crippen LogP contribution is 2.18. The van der Waals surface area contributed by atoms with Gasteiger partial charge in [0.25, 0.3) is 0 Å². The number of Topliss-reactive ketones (excluding diaryl/α,β-unsaturated/α-hetero) is 1. The Morgan fingerprint density at radius 1 is 1.22 bits per heavy atom. The van der Waals surface area contributed by atoms with Gasteiger partial charge in [0, 0.05) is 6.42 Å². The summed E-state index contributed by atoms with van der Waals surface area (Å²) in [5, 5.41) is 0. The zero-order valence-corrected chi connectivity index (χ0v) is 10.7. The van der Waals surface area contributed by atoms with Crippen molar-refractivity contribution in [3.8, 4) is 0 Å². The van der Waals surface area contributed by atoms with Gasteiger partial charge < -0.3 is 0 Å². The molecule has 92 valence electrons. The van der Waals surface area contributed by atoms with Crippen LogP contribution in [0.3, 0.4) is 0 Å². The Balaban J connectivity index is 2.16. The maximum Gasteiger partial charge on any atom is 0.185 e. The van der Waals surface area contributed by atoms with Gasteiger partial charge in [0.1, 0.15) is 17.3 Å². The number of halogens is 3. The second-order valence-corrected chi connectivity index (χ2v) is 4.56. The number of hydrogen-bond acceptors (Lipinski definition) is 2. The van der Waals surface area contributed by atoms with E-state index in [1.54, 1.807) is 0 Å². The van der Waals surface area contributed by atoms with Crippen molar-refractivity contribution in [2.75, 3.05) is 0 Å². The van der Waals surface area contributed by atoms with Gasteiger partial charge in [0.15, 0.2) is 5.78 Å². The molecule has 0 aliphatic rings. The zero-order chi connectivity index (χ0) is 13.1. The van der Waals surface area contributed by atoms with E-state index in [-0.39, 0.29) is 23.7 Å². The van der Waals surface area contributed by atoms with Gasteiger partial charge in [-0.25, -0.2) is 8.78 Å². The fourth-order valence-corrected chi connectivity index (χ4v) is 1.89. The summed E-state index contributed by atoms with van der Waals surface area (Å²) in [7, 11) is 0. The van der Waals surface area contributed by atoms with Crippen molar-refractivity contribution in [1.82, 2.24) is 4.98 Å². The van der Waals surface area contributed by atoms with Gasteiger partial charge in [-0.05, 0) is 45.8 Å². The SMILES string of the molecule is O=C(Cc1ccc(F)c(Br)c1)c1ccc(F)cn1. The van der Waals surface area contributed by atoms with Crippen LogP contribution in [0.15, 0.2) is 41.0 Å². The van der Waals surface area contributed by atoms with Crippen LogP contribution in [-0.2, 0) is 6.42 Å². The van der Waals surface area contributed by atoms with Gasteiger partial charge in [-0.2, -0.15) is 0 Å². The Labute approximate surface area is 111 Å². The van der Waals surface area contributed by atoms with Crippen molar-refractivity contribution in [2.45, 2.75) is 6.42 Å². The van der Waals surface area contributed by atoms with E-state index in [1.165, 1.54) is 30.3 Å². The molecule has 0 bridgehead atoms. The quantitative estimate of drug-likeness (QED) is 0.811. The summed E-state index contributed by atoms with van der Waals surface area (Å²) in [6, 6.07) is 6.86. The van der Waals surface area contributed by atoms with Crippen molar-refractivity contribution in [1.29, 1.82) is 0 Å². The number of hydrogen-bond donors (Lipinski definition) is 0. The van der Waals surface area contributed by atoms with Gasteiger partial charge in [-0.15, -0.1) is 0 Å². The first-order chi connectivity index (χ1) is 8.56. The third kappa shape index (κ3) is 2.98. The van der Waals surface area contributed by atoms with Crippen LogP contribution in [-0.4, -0.2) is 10.8 Å². The normalized spacial score (nSPS) is 10.4. The van der Waals surface area contributed by atoms with E-state index in [0.29, 0.717) is 10.0 Å². The van der Waals surface area contributed by atoms with Gasteiger partial charge in [0.2, 0.25) is 0 Å². The summed E-state index contributed by atoms with van der Waals surface area (Å²) in [5.41, 5.74) is 0.858. The van der Waals surface area contributed by atoms with Crippen molar-refractivity contribution in [2.24, 2.45) is 0 Å². The molecule has 1 aromatic carbocycles. The lowest BCUT2D eigenvalue weighted by Gasteiger charge is -2.02. The number of pyridine rings is 1. The molecule has 5 heteroatoms. The Morgan fingerprint density at radius 3 is 2.61 bits per heavy atom. The Bertz CT molecular complexity index is 584. The van der Waals surface area contributed by atoms with E-state index >= 15 is 0 Å². The van der Waals surface area contributed by atoms with E-state index in [2.05, 4.69) is 20.9 Å². The van der Waals surface area contributed by atoms with E-state index in [4.69, 9.17) is 0 Å². The molecule has 1 heterocycles. The molecule has 0 fully saturated rings. The number of nitrogens with zero attached hydrogens (tertiary/aromatic N) is 1. The molecule has 2 nitrogen and oxygen atoms in total. The number of rotatable bonds is 3. The summed E-state index contributed by atoms with van der Waals surface area (Å²) in [6.45, 7) is 0. The number of carbonyl (C=O) groups is 1. The molecule has 0 aliphatic heterocycles. The maximum atomic E-state index is 13.0. The molecule has 0 N–H and O–H groups in total. The van der Waals surface area contributed by atoms with Crippen molar-refractivity contribution in [3.63, 3.8) is 0 Å². The van der Waals surface area contributed by atoms with Gasteiger partial charge in [-0.1, -0.05) is 6.07 Å². The minimum absolute atomic E-state index is 0.0948. The molecule has 2 rings (SSSR count). The van der Waals surface area contributed by atoms with E-state index in [9.17, 15) is 13.6 Å². The van der Waals surface area contributed by atoms with Crippen molar-refractivity contribution >= 4 is 21.7 Å². The number of carbonyl (C=O) groups excluding carboxylic acids is 1. The fourth-order valence-electron chi connectivity index (χ4n) is 1.47. The lowest BCUT2D eigenvalue weighted by atomic mass is 10.1. The van der Waals surface area contributed by atoms with E-state index in [1.807, 2.05) is 0 Å². The molecule has 2 aromatic rings. The first-order valence-electron chi connectivity index (χ1n) is 5.15. The molecule has 18 heavy (non-hydrogen) atoms. The molecule has 0 unspecified atom stereocenters. The second kappa shape index (κ2) is 5.35. The predicted octanol–water partition coefficient (Wildman–Crippen LogP) is 3.55. The summed E-state index contributed by atoms with van der Waals surface area (Å²) in [6.07, 6.45) is 1.09. The lowest BCUT2D eigenvalue weighted by Crippen LogP contribution is -2.06. The van der Waals surface area contributed by atoms with Crippen LogP contribution in [0.2, 0.25) is 0 Å². The van der Waals surface area contributed by atoms with Crippen molar-refractivity contribution < 1.29 is 13.6 Å². The summed E-state index contributed by atoms with van der Waals surface area (Å²) in [5.74, 6) is -1.12. The standard InChI is InChI=1S/C13H8BrF2NO/c14-10-5-8(1-3-11(10)16)6-13(18)12-4-2-9(15)7-17-12/h1-5,7H,6H2. The summed E-state index contributed by atoms with van der Waals surface area (Å²) in [4.78, 5) is 15.5. The molecular formula is C13H8BrF2NO. The third-order valence-corrected chi connectivity index (χ3v) is 2.97. The number of ketones is 1. The average Bonchev–Trinajstić information content (AvgIpc) is 2.34. The van der Waals surface area contributed by atoms with Gasteiger partial charge in [0.05, 0.1) is 10.7 Å². The molecule has 0 atom stereocenters. The molecule has 0 spiro atoms. The molecule has 0 amide bonds. The number of benzene rings is 1. The van der Waals surface area contributed by atoms with Crippen LogP contribution < -0.4 is 0 Å². The average molecular weight is 312 g/mol. The highest BCUT2D eigenvalue weighted by atomic mass is 79.9.